The van der Waals surface area contributed by atoms with E-state index in [0.717, 1.165) is 0 Å². The standard InChI is InChI=1S/C5H6F6O.C4H6F4O/c1-3(6,7)4(8,12-2)5(9,10)11;1-3(5,9-2)4(6,7)8/h1-2H3;1-2H3. The monoisotopic (exact) mass is 342 g/mol. The predicted molar refractivity (Wildman–Crippen MR) is 50.1 cm³/mol. The van der Waals surface area contributed by atoms with Crippen LogP contribution < -0.4 is 0 Å². The van der Waals surface area contributed by atoms with Gasteiger partial charge in [0.15, 0.2) is 0 Å². The summed E-state index contributed by atoms with van der Waals surface area (Å²) < 4.78 is 124. The molecule has 0 spiro atoms. The van der Waals surface area contributed by atoms with Gasteiger partial charge in [0.05, 0.1) is 0 Å². The lowest BCUT2D eigenvalue weighted by molar-refractivity contribution is -0.388. The molecule has 0 aliphatic carbocycles. The maximum absolute atomic E-state index is 12.4. The Kier molecular flexibility index (Phi) is 7.01. The first-order valence-electron chi connectivity index (χ1n) is 4.86. The molecule has 2 unspecified atom stereocenters. The maximum Gasteiger partial charge on any atom is 0.454 e. The number of hydrogen-bond donors (Lipinski definition) is 0. The fraction of sp³-hybridized carbons (Fsp3) is 1.00. The molecule has 0 N–H and O–H groups in total. The SMILES string of the molecule is COC(C)(F)C(F)(F)F.COC(F)(C(C)(F)F)C(F)(F)F. The lowest BCUT2D eigenvalue weighted by Crippen LogP contribution is -2.55. The second kappa shape index (κ2) is 6.55. The van der Waals surface area contributed by atoms with Gasteiger partial charge < -0.3 is 9.47 Å². The highest BCUT2D eigenvalue weighted by atomic mass is 19.4. The number of alkyl halides is 10. The Bertz CT molecular complexity index is 300. The summed E-state index contributed by atoms with van der Waals surface area (Å²) in [6.45, 7) is 0.108. The Labute approximate surface area is 113 Å². The molecular weight excluding hydrogens is 330 g/mol. The lowest BCUT2D eigenvalue weighted by Gasteiger charge is -2.30. The van der Waals surface area contributed by atoms with Crippen LogP contribution >= 0.6 is 0 Å². The highest BCUT2D eigenvalue weighted by Gasteiger charge is 2.70. The van der Waals surface area contributed by atoms with E-state index in [1.54, 1.807) is 0 Å². The van der Waals surface area contributed by atoms with Crippen molar-refractivity contribution in [1.29, 1.82) is 0 Å². The van der Waals surface area contributed by atoms with Gasteiger partial charge in [-0.1, -0.05) is 0 Å². The third kappa shape index (κ3) is 5.49. The summed E-state index contributed by atoms with van der Waals surface area (Å²) in [5, 5.41) is 0. The van der Waals surface area contributed by atoms with Crippen LogP contribution in [0.4, 0.5) is 43.9 Å². The van der Waals surface area contributed by atoms with E-state index >= 15 is 0 Å². The largest absolute Gasteiger partial charge is 0.454 e. The smallest absolute Gasteiger partial charge is 0.342 e. The van der Waals surface area contributed by atoms with Crippen molar-refractivity contribution in [2.24, 2.45) is 0 Å². The first kappa shape index (κ1) is 22.5. The van der Waals surface area contributed by atoms with Crippen LogP contribution in [-0.4, -0.2) is 44.2 Å². The van der Waals surface area contributed by atoms with Gasteiger partial charge in [0.2, 0.25) is 0 Å². The van der Waals surface area contributed by atoms with Crippen LogP contribution in [0.2, 0.25) is 0 Å². The van der Waals surface area contributed by atoms with Gasteiger partial charge in [-0.2, -0.15) is 30.7 Å². The van der Waals surface area contributed by atoms with E-state index in [2.05, 4.69) is 9.47 Å². The van der Waals surface area contributed by atoms with Crippen LogP contribution in [0.3, 0.4) is 0 Å². The zero-order chi connectivity index (χ0) is 17.9. The van der Waals surface area contributed by atoms with Crippen molar-refractivity contribution in [3.63, 3.8) is 0 Å². The van der Waals surface area contributed by atoms with Gasteiger partial charge >= 0.3 is 30.0 Å². The van der Waals surface area contributed by atoms with Crippen molar-refractivity contribution in [1.82, 2.24) is 0 Å². The second-order valence-electron chi connectivity index (χ2n) is 3.80. The summed E-state index contributed by atoms with van der Waals surface area (Å²) in [6, 6.07) is 0. The topological polar surface area (TPSA) is 18.5 Å². The molecule has 130 valence electrons. The van der Waals surface area contributed by atoms with E-state index in [0.29, 0.717) is 14.0 Å². The third-order valence-electron chi connectivity index (χ3n) is 2.10. The van der Waals surface area contributed by atoms with E-state index in [1.165, 1.54) is 0 Å². The molecule has 21 heavy (non-hydrogen) atoms. The molecule has 0 rings (SSSR count). The van der Waals surface area contributed by atoms with E-state index in [-0.39, 0.29) is 14.0 Å². The summed E-state index contributed by atoms with van der Waals surface area (Å²) in [6.07, 6.45) is -10.7. The normalized spacial score (nSPS) is 19.1. The van der Waals surface area contributed by atoms with E-state index in [9.17, 15) is 43.9 Å². The molecule has 0 aromatic rings. The molecule has 0 fully saturated rings. The van der Waals surface area contributed by atoms with Gasteiger partial charge in [-0.3, -0.25) is 0 Å². The number of methoxy groups -OCH3 is 2. The van der Waals surface area contributed by atoms with E-state index in [4.69, 9.17) is 0 Å². The van der Waals surface area contributed by atoms with Crippen LogP contribution in [0.1, 0.15) is 13.8 Å². The summed E-state index contributed by atoms with van der Waals surface area (Å²) in [4.78, 5) is 0. The minimum atomic E-state index is -5.75. The summed E-state index contributed by atoms with van der Waals surface area (Å²) >= 11 is 0. The molecule has 0 heterocycles. The molecule has 0 radical (unpaired) electrons. The molecule has 0 saturated carbocycles. The molecule has 0 saturated heterocycles. The van der Waals surface area contributed by atoms with Crippen molar-refractivity contribution in [2.45, 2.75) is 43.8 Å². The minimum Gasteiger partial charge on any atom is -0.342 e. The fourth-order valence-electron chi connectivity index (χ4n) is 0.660. The minimum absolute atomic E-state index is 0.204. The molecule has 2 atom stereocenters. The maximum atomic E-state index is 12.4. The van der Waals surface area contributed by atoms with Crippen LogP contribution in [0.5, 0.6) is 0 Å². The fourth-order valence-corrected chi connectivity index (χ4v) is 0.660. The number of ether oxygens (including phenoxy) is 2. The molecule has 0 aliphatic heterocycles. The van der Waals surface area contributed by atoms with Gasteiger partial charge in [-0.25, -0.2) is 13.2 Å². The van der Waals surface area contributed by atoms with Gasteiger partial charge in [-0.15, -0.1) is 0 Å². The number of halogens is 10. The van der Waals surface area contributed by atoms with Crippen LogP contribution in [-0.2, 0) is 9.47 Å². The first-order valence-corrected chi connectivity index (χ1v) is 4.86. The van der Waals surface area contributed by atoms with Gasteiger partial charge in [-0.05, 0) is 0 Å². The quantitative estimate of drug-likeness (QED) is 0.708. The number of hydrogen-bond acceptors (Lipinski definition) is 2. The Morgan fingerprint density at radius 2 is 0.905 bits per heavy atom. The highest BCUT2D eigenvalue weighted by Crippen LogP contribution is 2.45. The Morgan fingerprint density at radius 1 is 0.571 bits per heavy atom. The molecule has 0 bridgehead atoms. The van der Waals surface area contributed by atoms with Crippen molar-refractivity contribution >= 4 is 0 Å². The zero-order valence-corrected chi connectivity index (χ0v) is 11.1. The average Bonchev–Trinajstić information content (AvgIpc) is 2.24. The van der Waals surface area contributed by atoms with Crippen molar-refractivity contribution < 1.29 is 53.4 Å². The average molecular weight is 342 g/mol. The van der Waals surface area contributed by atoms with Gasteiger partial charge in [0.25, 0.3) is 0 Å². The Morgan fingerprint density at radius 3 is 0.905 bits per heavy atom. The third-order valence-corrected chi connectivity index (χ3v) is 2.10. The Hall–Kier alpha value is -0.780. The predicted octanol–water partition coefficient (Wildman–Crippen LogP) is 4.40. The van der Waals surface area contributed by atoms with Crippen LogP contribution in [0, 0.1) is 0 Å². The molecular formula is C9H12F10O2. The van der Waals surface area contributed by atoms with Crippen molar-refractivity contribution in [3.8, 4) is 0 Å². The number of rotatable bonds is 3. The summed E-state index contributed by atoms with van der Waals surface area (Å²) in [7, 11) is 0.887. The molecule has 2 nitrogen and oxygen atoms in total. The molecule has 0 aliphatic rings. The van der Waals surface area contributed by atoms with Gasteiger partial charge in [0, 0.05) is 28.1 Å². The summed E-state index contributed by atoms with van der Waals surface area (Å²) in [5.41, 5.74) is 0. The first-order chi connectivity index (χ1) is 8.87. The van der Waals surface area contributed by atoms with E-state index in [1.807, 2.05) is 0 Å². The molecule has 0 amide bonds. The zero-order valence-electron chi connectivity index (χ0n) is 11.1. The Balaban J connectivity index is 0. The molecule has 0 aromatic carbocycles. The van der Waals surface area contributed by atoms with Crippen molar-refractivity contribution in [2.75, 3.05) is 14.2 Å². The van der Waals surface area contributed by atoms with Crippen LogP contribution in [0.25, 0.3) is 0 Å². The highest BCUT2D eigenvalue weighted by molar-refractivity contribution is 4.88. The van der Waals surface area contributed by atoms with Gasteiger partial charge in [0.1, 0.15) is 0 Å². The van der Waals surface area contributed by atoms with Crippen LogP contribution in [0.15, 0.2) is 0 Å². The second-order valence-corrected chi connectivity index (χ2v) is 3.80. The lowest BCUT2D eigenvalue weighted by atomic mass is 10.1. The summed E-state index contributed by atoms with van der Waals surface area (Å²) in [5.74, 6) is -13.1. The van der Waals surface area contributed by atoms with Crippen molar-refractivity contribution in [3.05, 3.63) is 0 Å². The molecule has 12 heteroatoms. The molecule has 0 aromatic heterocycles. The van der Waals surface area contributed by atoms with E-state index < -0.39 is 30.0 Å².